The summed E-state index contributed by atoms with van der Waals surface area (Å²) in [5.74, 6) is -1.08. The zero-order chi connectivity index (χ0) is 13.6. The van der Waals surface area contributed by atoms with Gasteiger partial charge in [0, 0.05) is 0 Å². The number of carboxylic acids is 1. The highest BCUT2D eigenvalue weighted by Crippen LogP contribution is 2.33. The second kappa shape index (κ2) is 6.53. The van der Waals surface area contributed by atoms with E-state index in [2.05, 4.69) is 0 Å². The summed E-state index contributed by atoms with van der Waals surface area (Å²) < 4.78 is 13.2. The third kappa shape index (κ3) is 3.56. The van der Waals surface area contributed by atoms with Crippen LogP contribution >= 0.6 is 0 Å². The van der Waals surface area contributed by atoms with Crippen LogP contribution in [0.3, 0.4) is 0 Å². The van der Waals surface area contributed by atoms with Gasteiger partial charge in [0.1, 0.15) is 5.82 Å². The smallest absolute Gasteiger partial charge is 0.309 e. The maximum atomic E-state index is 13.2. The first-order valence-corrected chi connectivity index (χ1v) is 6.52. The van der Waals surface area contributed by atoms with Crippen molar-refractivity contribution in [2.75, 3.05) is 0 Å². The lowest BCUT2D eigenvalue weighted by Crippen LogP contribution is -2.32. The Bertz CT molecular complexity index is 403. The Morgan fingerprint density at radius 3 is 2.61 bits per heavy atom. The number of halogens is 1. The molecule has 18 heavy (non-hydrogen) atoms. The quantitative estimate of drug-likeness (QED) is 0.795. The summed E-state index contributed by atoms with van der Waals surface area (Å²) in [6.45, 7) is 3.94. The third-order valence-corrected chi connectivity index (χ3v) is 3.57. The minimum Gasteiger partial charge on any atom is -0.481 e. The zero-order valence-electron chi connectivity index (χ0n) is 11.1. The molecule has 0 spiro atoms. The van der Waals surface area contributed by atoms with Crippen molar-refractivity contribution in [1.82, 2.24) is 0 Å². The normalized spacial score (nSPS) is 14.2. The molecule has 1 rings (SSSR count). The molecule has 1 N–H and O–H groups in total. The molecular weight excluding hydrogens is 231 g/mol. The molecule has 0 heterocycles. The van der Waals surface area contributed by atoms with E-state index in [0.29, 0.717) is 19.3 Å². The van der Waals surface area contributed by atoms with Crippen molar-refractivity contribution in [2.45, 2.75) is 46.0 Å². The van der Waals surface area contributed by atoms with Crippen molar-refractivity contribution in [1.29, 1.82) is 0 Å². The molecule has 0 fully saturated rings. The molecule has 0 aliphatic carbocycles. The van der Waals surface area contributed by atoms with Gasteiger partial charge in [0.15, 0.2) is 0 Å². The molecule has 2 nitrogen and oxygen atoms in total. The second-order valence-electron chi connectivity index (χ2n) is 4.85. The van der Waals surface area contributed by atoms with Gasteiger partial charge in [-0.3, -0.25) is 4.79 Å². The van der Waals surface area contributed by atoms with Gasteiger partial charge in [-0.05, 0) is 37.0 Å². The SMILES string of the molecule is CCCCC(CC)(Cc1cccc(F)c1)C(=O)O. The number of carboxylic acid groups (broad SMARTS) is 1. The molecule has 0 saturated carbocycles. The van der Waals surface area contributed by atoms with Crippen LogP contribution in [-0.4, -0.2) is 11.1 Å². The van der Waals surface area contributed by atoms with Crippen molar-refractivity contribution < 1.29 is 14.3 Å². The Morgan fingerprint density at radius 1 is 1.39 bits per heavy atom. The fourth-order valence-corrected chi connectivity index (χ4v) is 2.28. The van der Waals surface area contributed by atoms with Gasteiger partial charge in [0.2, 0.25) is 0 Å². The van der Waals surface area contributed by atoms with Crippen LogP contribution in [0.25, 0.3) is 0 Å². The van der Waals surface area contributed by atoms with E-state index in [1.807, 2.05) is 13.8 Å². The fourth-order valence-electron chi connectivity index (χ4n) is 2.28. The van der Waals surface area contributed by atoms with E-state index in [1.54, 1.807) is 12.1 Å². The van der Waals surface area contributed by atoms with Gasteiger partial charge in [-0.2, -0.15) is 0 Å². The van der Waals surface area contributed by atoms with Crippen LogP contribution in [0.1, 0.15) is 45.1 Å². The van der Waals surface area contributed by atoms with Crippen LogP contribution < -0.4 is 0 Å². The number of unbranched alkanes of at least 4 members (excludes halogenated alkanes) is 1. The summed E-state index contributed by atoms with van der Waals surface area (Å²) in [5, 5.41) is 9.49. The Balaban J connectivity index is 2.93. The molecule has 3 heteroatoms. The van der Waals surface area contributed by atoms with Gasteiger partial charge in [-0.15, -0.1) is 0 Å². The fraction of sp³-hybridized carbons (Fsp3) is 0.533. The molecule has 100 valence electrons. The first kappa shape index (κ1) is 14.7. The number of hydrogen-bond donors (Lipinski definition) is 1. The number of rotatable bonds is 7. The number of hydrogen-bond acceptors (Lipinski definition) is 1. The Labute approximate surface area is 108 Å². The number of aliphatic carboxylic acids is 1. The Morgan fingerprint density at radius 2 is 2.11 bits per heavy atom. The maximum absolute atomic E-state index is 13.2. The summed E-state index contributed by atoms with van der Waals surface area (Å²) in [6.07, 6.45) is 3.47. The van der Waals surface area contributed by atoms with Crippen LogP contribution in [0.4, 0.5) is 4.39 Å². The van der Waals surface area contributed by atoms with Crippen LogP contribution in [0.5, 0.6) is 0 Å². The predicted molar refractivity (Wildman–Crippen MR) is 70.0 cm³/mol. The monoisotopic (exact) mass is 252 g/mol. The van der Waals surface area contributed by atoms with Gasteiger partial charge < -0.3 is 5.11 Å². The molecule has 1 aromatic carbocycles. The lowest BCUT2D eigenvalue weighted by atomic mass is 9.75. The molecular formula is C15H21FO2. The highest BCUT2D eigenvalue weighted by molar-refractivity contribution is 5.75. The highest BCUT2D eigenvalue weighted by Gasteiger charge is 2.36. The molecule has 1 atom stereocenters. The Hall–Kier alpha value is -1.38. The standard InChI is InChI=1S/C15H21FO2/c1-3-5-9-15(4-2,14(17)18)11-12-7-6-8-13(16)10-12/h6-8,10H,3-5,9,11H2,1-2H3,(H,17,18). The summed E-state index contributed by atoms with van der Waals surface area (Å²) in [4.78, 5) is 11.6. The number of benzene rings is 1. The van der Waals surface area contributed by atoms with Crippen molar-refractivity contribution in [2.24, 2.45) is 5.41 Å². The maximum Gasteiger partial charge on any atom is 0.309 e. The summed E-state index contributed by atoms with van der Waals surface area (Å²) >= 11 is 0. The first-order valence-electron chi connectivity index (χ1n) is 6.52. The first-order chi connectivity index (χ1) is 8.54. The van der Waals surface area contributed by atoms with E-state index in [9.17, 15) is 14.3 Å². The minimum absolute atomic E-state index is 0.307. The van der Waals surface area contributed by atoms with Gasteiger partial charge >= 0.3 is 5.97 Å². The van der Waals surface area contributed by atoms with Gasteiger partial charge in [-0.25, -0.2) is 4.39 Å². The van der Waals surface area contributed by atoms with Crippen molar-refractivity contribution >= 4 is 5.97 Å². The predicted octanol–water partition coefficient (Wildman–Crippen LogP) is 4.04. The Kier molecular flexibility index (Phi) is 5.32. The molecule has 0 aromatic heterocycles. The van der Waals surface area contributed by atoms with E-state index < -0.39 is 11.4 Å². The molecule has 1 aromatic rings. The van der Waals surface area contributed by atoms with E-state index >= 15 is 0 Å². The number of carbonyl (C=O) groups is 1. The van der Waals surface area contributed by atoms with E-state index in [1.165, 1.54) is 12.1 Å². The van der Waals surface area contributed by atoms with Crippen LogP contribution in [0.2, 0.25) is 0 Å². The molecule has 0 radical (unpaired) electrons. The second-order valence-corrected chi connectivity index (χ2v) is 4.85. The molecule has 0 bridgehead atoms. The lowest BCUT2D eigenvalue weighted by Gasteiger charge is -2.28. The lowest BCUT2D eigenvalue weighted by molar-refractivity contribution is -0.149. The van der Waals surface area contributed by atoms with Gasteiger partial charge in [-0.1, -0.05) is 38.8 Å². The summed E-state index contributed by atoms with van der Waals surface area (Å²) in [5.41, 5.74) is -0.000530. The van der Waals surface area contributed by atoms with Crippen molar-refractivity contribution in [3.05, 3.63) is 35.6 Å². The molecule has 0 saturated heterocycles. The molecule has 0 amide bonds. The van der Waals surface area contributed by atoms with Gasteiger partial charge in [0.05, 0.1) is 5.41 Å². The van der Waals surface area contributed by atoms with E-state index in [0.717, 1.165) is 18.4 Å². The third-order valence-electron chi connectivity index (χ3n) is 3.57. The van der Waals surface area contributed by atoms with Crippen molar-refractivity contribution in [3.8, 4) is 0 Å². The van der Waals surface area contributed by atoms with E-state index in [4.69, 9.17) is 0 Å². The molecule has 1 unspecified atom stereocenters. The minimum atomic E-state index is -0.775. The van der Waals surface area contributed by atoms with Crippen molar-refractivity contribution in [3.63, 3.8) is 0 Å². The molecule has 0 aliphatic heterocycles. The average molecular weight is 252 g/mol. The highest BCUT2D eigenvalue weighted by atomic mass is 19.1. The largest absolute Gasteiger partial charge is 0.481 e. The molecule has 0 aliphatic rings. The van der Waals surface area contributed by atoms with Crippen LogP contribution in [0, 0.1) is 11.2 Å². The van der Waals surface area contributed by atoms with Crippen LogP contribution in [-0.2, 0) is 11.2 Å². The van der Waals surface area contributed by atoms with E-state index in [-0.39, 0.29) is 5.82 Å². The summed E-state index contributed by atoms with van der Waals surface area (Å²) in [7, 11) is 0. The van der Waals surface area contributed by atoms with Gasteiger partial charge in [0.25, 0.3) is 0 Å². The summed E-state index contributed by atoms with van der Waals surface area (Å²) in [6, 6.07) is 6.23. The topological polar surface area (TPSA) is 37.3 Å². The zero-order valence-corrected chi connectivity index (χ0v) is 11.1. The average Bonchev–Trinajstić information content (AvgIpc) is 2.34. The van der Waals surface area contributed by atoms with Crippen LogP contribution in [0.15, 0.2) is 24.3 Å².